The van der Waals surface area contributed by atoms with Crippen LogP contribution in [0.4, 0.5) is 5.69 Å². The van der Waals surface area contributed by atoms with E-state index in [0.717, 1.165) is 19.1 Å². The predicted molar refractivity (Wildman–Crippen MR) is 91.4 cm³/mol. The normalized spacial score (nSPS) is 12.5. The van der Waals surface area contributed by atoms with Gasteiger partial charge in [0.25, 0.3) is 0 Å². The van der Waals surface area contributed by atoms with Crippen molar-refractivity contribution in [3.05, 3.63) is 25.6 Å². The zero-order chi connectivity index (χ0) is 13.5. The van der Waals surface area contributed by atoms with Crippen molar-refractivity contribution in [2.24, 2.45) is 0 Å². The summed E-state index contributed by atoms with van der Waals surface area (Å²) in [6.07, 6.45) is 6.50. The van der Waals surface area contributed by atoms with Crippen molar-refractivity contribution in [1.29, 1.82) is 0 Å². The molecule has 102 valence electrons. The largest absolute Gasteiger partial charge is 0.381 e. The molecule has 0 aliphatic carbocycles. The Kier molecular flexibility index (Phi) is 7.89. The molecule has 0 fully saturated rings. The van der Waals surface area contributed by atoms with Crippen molar-refractivity contribution in [1.82, 2.24) is 0 Å². The molecule has 0 spiro atoms. The monoisotopic (exact) mass is 439 g/mol. The van der Waals surface area contributed by atoms with Crippen molar-refractivity contribution >= 4 is 53.5 Å². The Hall–Kier alpha value is 0.460. The highest BCUT2D eigenvalue weighted by Crippen LogP contribution is 2.35. The van der Waals surface area contributed by atoms with Crippen molar-refractivity contribution in [2.75, 3.05) is 5.32 Å². The molecule has 1 nitrogen and oxygen atoms in total. The second kappa shape index (κ2) is 8.60. The number of benzene rings is 1. The summed E-state index contributed by atoms with van der Waals surface area (Å²) in [6.45, 7) is 4.49. The average Bonchev–Trinajstić information content (AvgIpc) is 2.29. The third kappa shape index (κ3) is 5.62. The fraction of sp³-hybridized carbons (Fsp3) is 0.571. The molecule has 0 aliphatic heterocycles. The van der Waals surface area contributed by atoms with Gasteiger partial charge in [-0.3, -0.25) is 0 Å². The van der Waals surface area contributed by atoms with Gasteiger partial charge in [0.2, 0.25) is 0 Å². The van der Waals surface area contributed by atoms with Gasteiger partial charge in [-0.05, 0) is 57.3 Å². The second-order valence-electron chi connectivity index (χ2n) is 4.64. The fourth-order valence-electron chi connectivity index (χ4n) is 1.88. The Morgan fingerprint density at radius 1 is 1.06 bits per heavy atom. The van der Waals surface area contributed by atoms with Crippen LogP contribution < -0.4 is 5.32 Å². The van der Waals surface area contributed by atoms with E-state index in [0.29, 0.717) is 6.04 Å². The highest BCUT2D eigenvalue weighted by molar-refractivity contribution is 9.11. The topological polar surface area (TPSA) is 12.0 Å². The van der Waals surface area contributed by atoms with Crippen LogP contribution in [0, 0.1) is 0 Å². The predicted octanol–water partition coefficient (Wildman–Crippen LogP) is 6.74. The van der Waals surface area contributed by atoms with Gasteiger partial charge in [-0.15, -0.1) is 0 Å². The van der Waals surface area contributed by atoms with E-state index in [4.69, 9.17) is 0 Å². The van der Waals surface area contributed by atoms with Gasteiger partial charge in [-0.2, -0.15) is 0 Å². The Bertz CT molecular complexity index is 356. The second-order valence-corrected chi connectivity index (χ2v) is 7.26. The van der Waals surface area contributed by atoms with E-state index >= 15 is 0 Å². The highest BCUT2D eigenvalue weighted by Gasteiger charge is 2.09. The van der Waals surface area contributed by atoms with Crippen LogP contribution in [0.3, 0.4) is 0 Å². The molecule has 1 unspecified atom stereocenters. The van der Waals surface area contributed by atoms with Crippen LogP contribution >= 0.6 is 47.8 Å². The molecule has 1 atom stereocenters. The molecular weight excluding hydrogens is 422 g/mol. The molecule has 4 heteroatoms. The molecule has 0 aromatic heterocycles. The molecular formula is C14H20Br3N. The smallest absolute Gasteiger partial charge is 0.0631 e. The summed E-state index contributed by atoms with van der Waals surface area (Å²) >= 11 is 10.7. The quantitative estimate of drug-likeness (QED) is 0.461. The first-order valence-corrected chi connectivity index (χ1v) is 8.83. The van der Waals surface area contributed by atoms with Crippen LogP contribution in [0.25, 0.3) is 0 Å². The maximum Gasteiger partial charge on any atom is 0.0631 e. The third-order valence-electron chi connectivity index (χ3n) is 2.89. The minimum Gasteiger partial charge on any atom is -0.381 e. The summed E-state index contributed by atoms with van der Waals surface area (Å²) in [6, 6.07) is 4.63. The first-order valence-electron chi connectivity index (χ1n) is 6.45. The van der Waals surface area contributed by atoms with Crippen LogP contribution in [-0.2, 0) is 0 Å². The van der Waals surface area contributed by atoms with Crippen LogP contribution in [0.2, 0.25) is 0 Å². The van der Waals surface area contributed by atoms with Crippen LogP contribution in [0.5, 0.6) is 0 Å². The molecule has 0 bridgehead atoms. The van der Waals surface area contributed by atoms with Gasteiger partial charge in [0.1, 0.15) is 0 Å². The molecule has 1 rings (SSSR count). The Balaban J connectivity index is 2.51. The molecule has 18 heavy (non-hydrogen) atoms. The fourth-order valence-corrected chi connectivity index (χ4v) is 4.36. The molecule has 1 aromatic carbocycles. The standard InChI is InChI=1S/C14H20Br3N/c1-3-4-5-6-7-10(2)18-14-12(16)8-11(15)9-13(14)17/h8-10,18H,3-7H2,1-2H3. The number of hydrogen-bond donors (Lipinski definition) is 1. The lowest BCUT2D eigenvalue weighted by atomic mass is 10.1. The van der Waals surface area contributed by atoms with Gasteiger partial charge in [-0.25, -0.2) is 0 Å². The van der Waals surface area contributed by atoms with Gasteiger partial charge in [0, 0.05) is 19.5 Å². The van der Waals surface area contributed by atoms with Crippen molar-refractivity contribution < 1.29 is 0 Å². The van der Waals surface area contributed by atoms with Gasteiger partial charge in [0.05, 0.1) is 5.69 Å². The lowest BCUT2D eigenvalue weighted by molar-refractivity contribution is 0.593. The summed E-state index contributed by atoms with van der Waals surface area (Å²) in [7, 11) is 0. The summed E-state index contributed by atoms with van der Waals surface area (Å²) in [5.41, 5.74) is 1.14. The number of halogens is 3. The van der Waals surface area contributed by atoms with E-state index in [9.17, 15) is 0 Å². The van der Waals surface area contributed by atoms with Gasteiger partial charge >= 0.3 is 0 Å². The van der Waals surface area contributed by atoms with Crippen molar-refractivity contribution in [3.63, 3.8) is 0 Å². The Morgan fingerprint density at radius 3 is 2.22 bits per heavy atom. The average molecular weight is 442 g/mol. The first kappa shape index (κ1) is 16.5. The van der Waals surface area contributed by atoms with Crippen LogP contribution in [-0.4, -0.2) is 6.04 Å². The van der Waals surface area contributed by atoms with E-state index in [1.54, 1.807) is 0 Å². The van der Waals surface area contributed by atoms with E-state index in [1.807, 2.05) is 0 Å². The zero-order valence-electron chi connectivity index (χ0n) is 10.9. The van der Waals surface area contributed by atoms with Crippen LogP contribution in [0.15, 0.2) is 25.6 Å². The van der Waals surface area contributed by atoms with Crippen molar-refractivity contribution in [2.45, 2.75) is 52.0 Å². The molecule has 1 N–H and O–H groups in total. The highest BCUT2D eigenvalue weighted by atomic mass is 79.9. The van der Waals surface area contributed by atoms with Gasteiger partial charge in [-0.1, -0.05) is 48.5 Å². The summed E-state index contributed by atoms with van der Waals surface area (Å²) in [5, 5.41) is 3.57. The van der Waals surface area contributed by atoms with Crippen molar-refractivity contribution in [3.8, 4) is 0 Å². The third-order valence-corrected chi connectivity index (χ3v) is 4.60. The molecule has 0 radical (unpaired) electrons. The molecule has 0 saturated carbocycles. The van der Waals surface area contributed by atoms with Gasteiger partial charge in [0.15, 0.2) is 0 Å². The van der Waals surface area contributed by atoms with E-state index in [-0.39, 0.29) is 0 Å². The summed E-state index contributed by atoms with van der Waals surface area (Å²) in [4.78, 5) is 0. The lowest BCUT2D eigenvalue weighted by Crippen LogP contribution is -2.15. The molecule has 0 heterocycles. The summed E-state index contributed by atoms with van der Waals surface area (Å²) < 4.78 is 3.25. The maximum absolute atomic E-state index is 3.60. The van der Waals surface area contributed by atoms with E-state index < -0.39 is 0 Å². The minimum atomic E-state index is 0.496. The lowest BCUT2D eigenvalue weighted by Gasteiger charge is -2.18. The Labute approximate surface area is 136 Å². The zero-order valence-corrected chi connectivity index (χ0v) is 15.7. The number of hydrogen-bond acceptors (Lipinski definition) is 1. The van der Waals surface area contributed by atoms with Crippen LogP contribution in [0.1, 0.15) is 46.0 Å². The number of rotatable bonds is 7. The molecule has 1 aromatic rings. The number of anilines is 1. The summed E-state index contributed by atoms with van der Waals surface area (Å²) in [5.74, 6) is 0. The minimum absolute atomic E-state index is 0.496. The van der Waals surface area contributed by atoms with E-state index in [1.165, 1.54) is 32.1 Å². The Morgan fingerprint density at radius 2 is 1.67 bits per heavy atom. The molecule has 0 saturated heterocycles. The SMILES string of the molecule is CCCCCCC(C)Nc1c(Br)cc(Br)cc1Br. The molecule has 0 amide bonds. The number of nitrogens with one attached hydrogen (secondary N) is 1. The molecule has 0 aliphatic rings. The first-order chi connectivity index (χ1) is 8.54. The van der Waals surface area contributed by atoms with Gasteiger partial charge < -0.3 is 5.32 Å². The maximum atomic E-state index is 3.60. The van der Waals surface area contributed by atoms with E-state index in [2.05, 4.69) is 79.1 Å². The number of unbranched alkanes of at least 4 members (excludes halogenated alkanes) is 3.